The molecule has 0 radical (unpaired) electrons. The van der Waals surface area contributed by atoms with E-state index in [-0.39, 0.29) is 0 Å². The lowest BCUT2D eigenvalue weighted by molar-refractivity contribution is 0.0843. The molecule has 3 atom stereocenters. The highest BCUT2D eigenvalue weighted by atomic mass is 14.9. The van der Waals surface area contributed by atoms with E-state index in [1.54, 1.807) is 0 Å². The summed E-state index contributed by atoms with van der Waals surface area (Å²) in [5.41, 5.74) is 0. The Kier molecular flexibility index (Phi) is 3.48. The summed E-state index contributed by atoms with van der Waals surface area (Å²) < 4.78 is 0. The molecule has 0 amide bonds. The summed E-state index contributed by atoms with van der Waals surface area (Å²) in [6, 6.07) is 0.823. The molecule has 0 saturated heterocycles. The Balaban J connectivity index is 1.93. The second-order valence-electron chi connectivity index (χ2n) is 5.32. The monoisotopic (exact) mass is 195 g/mol. The maximum absolute atomic E-state index is 3.48. The topological polar surface area (TPSA) is 12.0 Å². The van der Waals surface area contributed by atoms with Gasteiger partial charge in [0.2, 0.25) is 0 Å². The van der Waals surface area contributed by atoms with Crippen molar-refractivity contribution in [3.8, 4) is 0 Å². The zero-order chi connectivity index (χ0) is 9.97. The number of hydrogen-bond acceptors (Lipinski definition) is 1. The molecule has 0 bridgehead atoms. The van der Waals surface area contributed by atoms with E-state index in [1.807, 2.05) is 0 Å². The van der Waals surface area contributed by atoms with E-state index in [9.17, 15) is 0 Å². The van der Waals surface area contributed by atoms with Crippen LogP contribution in [-0.4, -0.2) is 13.1 Å². The van der Waals surface area contributed by atoms with Crippen LogP contribution >= 0.6 is 0 Å². The van der Waals surface area contributed by atoms with Crippen LogP contribution in [0.15, 0.2) is 0 Å². The normalized spacial score (nSPS) is 39.4. The van der Waals surface area contributed by atoms with Crippen LogP contribution in [0, 0.1) is 17.8 Å². The molecule has 0 spiro atoms. The molecule has 0 aromatic heterocycles. The summed E-state index contributed by atoms with van der Waals surface area (Å²) in [6.07, 6.45) is 10.3. The summed E-state index contributed by atoms with van der Waals surface area (Å²) >= 11 is 0. The molecule has 0 aliphatic heterocycles. The van der Waals surface area contributed by atoms with Gasteiger partial charge in [0.25, 0.3) is 0 Å². The fraction of sp³-hybridized carbons (Fsp3) is 1.00. The Morgan fingerprint density at radius 1 is 1.14 bits per heavy atom. The van der Waals surface area contributed by atoms with Gasteiger partial charge in [0.05, 0.1) is 0 Å². The summed E-state index contributed by atoms with van der Waals surface area (Å²) in [4.78, 5) is 0. The first-order chi connectivity index (χ1) is 6.85. The van der Waals surface area contributed by atoms with E-state index in [1.165, 1.54) is 44.9 Å². The Bertz CT molecular complexity index is 174. The highest BCUT2D eigenvalue weighted by Gasteiger charge is 2.36. The van der Waals surface area contributed by atoms with Crippen LogP contribution in [-0.2, 0) is 0 Å². The van der Waals surface area contributed by atoms with Crippen LogP contribution in [0.3, 0.4) is 0 Å². The van der Waals surface area contributed by atoms with Crippen molar-refractivity contribution < 1.29 is 0 Å². The van der Waals surface area contributed by atoms with Gasteiger partial charge in [0.15, 0.2) is 0 Å². The van der Waals surface area contributed by atoms with Crippen LogP contribution in [0.25, 0.3) is 0 Å². The van der Waals surface area contributed by atoms with E-state index in [4.69, 9.17) is 0 Å². The lowest BCUT2D eigenvalue weighted by atomic mass is 9.63. The predicted octanol–water partition coefficient (Wildman–Crippen LogP) is 3.20. The molecule has 1 nitrogen and oxygen atoms in total. The van der Waals surface area contributed by atoms with Crippen molar-refractivity contribution in [3.63, 3.8) is 0 Å². The standard InChI is InChI=1S/C13H25N/c1-3-10-7-8-12(14-2)9-13(10)11-5-4-6-11/h10-14H,3-9H2,1-2H3. The maximum atomic E-state index is 3.48. The Labute approximate surface area is 88.7 Å². The molecule has 2 rings (SSSR count). The first-order valence-electron chi connectivity index (χ1n) is 6.52. The molecular weight excluding hydrogens is 170 g/mol. The molecular formula is C13H25N. The fourth-order valence-electron chi connectivity index (χ4n) is 3.48. The van der Waals surface area contributed by atoms with Gasteiger partial charge in [-0.25, -0.2) is 0 Å². The third-order valence-electron chi connectivity index (χ3n) is 4.74. The van der Waals surface area contributed by atoms with Crippen molar-refractivity contribution >= 4 is 0 Å². The van der Waals surface area contributed by atoms with Gasteiger partial charge in [-0.15, -0.1) is 0 Å². The molecule has 0 aromatic carbocycles. The van der Waals surface area contributed by atoms with Crippen molar-refractivity contribution in [2.24, 2.45) is 17.8 Å². The second-order valence-corrected chi connectivity index (χ2v) is 5.32. The van der Waals surface area contributed by atoms with Crippen molar-refractivity contribution in [1.29, 1.82) is 0 Å². The quantitative estimate of drug-likeness (QED) is 0.729. The lowest BCUT2D eigenvalue weighted by Crippen LogP contribution is -2.40. The minimum absolute atomic E-state index is 0.823. The van der Waals surface area contributed by atoms with Gasteiger partial charge in [0, 0.05) is 6.04 Å². The second kappa shape index (κ2) is 4.65. The molecule has 0 heterocycles. The van der Waals surface area contributed by atoms with Gasteiger partial charge >= 0.3 is 0 Å². The van der Waals surface area contributed by atoms with Crippen LogP contribution in [0.2, 0.25) is 0 Å². The minimum Gasteiger partial charge on any atom is -0.317 e. The molecule has 1 N–H and O–H groups in total. The highest BCUT2D eigenvalue weighted by molar-refractivity contribution is 4.89. The van der Waals surface area contributed by atoms with Gasteiger partial charge in [-0.2, -0.15) is 0 Å². The molecule has 82 valence electrons. The maximum Gasteiger partial charge on any atom is 0.00670 e. The van der Waals surface area contributed by atoms with Crippen LogP contribution in [0.1, 0.15) is 51.9 Å². The zero-order valence-electron chi connectivity index (χ0n) is 9.76. The molecule has 1 heteroatoms. The van der Waals surface area contributed by atoms with Crippen LogP contribution in [0.5, 0.6) is 0 Å². The molecule has 2 saturated carbocycles. The molecule has 2 fully saturated rings. The Morgan fingerprint density at radius 3 is 2.43 bits per heavy atom. The molecule has 0 aromatic rings. The average Bonchev–Trinajstić information content (AvgIpc) is 2.15. The number of hydrogen-bond donors (Lipinski definition) is 1. The number of nitrogens with one attached hydrogen (secondary N) is 1. The summed E-state index contributed by atoms with van der Waals surface area (Å²) in [7, 11) is 2.13. The first kappa shape index (κ1) is 10.5. The molecule has 2 aliphatic rings. The molecule has 14 heavy (non-hydrogen) atoms. The summed E-state index contributed by atoms with van der Waals surface area (Å²) in [5, 5.41) is 3.48. The third kappa shape index (κ3) is 1.98. The Hall–Kier alpha value is -0.0400. The summed E-state index contributed by atoms with van der Waals surface area (Å²) in [5.74, 6) is 3.20. The van der Waals surface area contributed by atoms with Crippen molar-refractivity contribution in [2.75, 3.05) is 7.05 Å². The molecule has 3 unspecified atom stereocenters. The number of rotatable bonds is 3. The third-order valence-corrected chi connectivity index (χ3v) is 4.74. The SMILES string of the molecule is CCC1CCC(NC)CC1C1CCC1. The average molecular weight is 195 g/mol. The fourth-order valence-corrected chi connectivity index (χ4v) is 3.48. The first-order valence-corrected chi connectivity index (χ1v) is 6.52. The highest BCUT2D eigenvalue weighted by Crippen LogP contribution is 2.44. The van der Waals surface area contributed by atoms with Crippen LogP contribution in [0.4, 0.5) is 0 Å². The predicted molar refractivity (Wildman–Crippen MR) is 61.3 cm³/mol. The van der Waals surface area contributed by atoms with E-state index >= 15 is 0 Å². The smallest absolute Gasteiger partial charge is 0.00670 e. The van der Waals surface area contributed by atoms with Crippen molar-refractivity contribution in [1.82, 2.24) is 5.32 Å². The van der Waals surface area contributed by atoms with E-state index in [2.05, 4.69) is 19.3 Å². The van der Waals surface area contributed by atoms with Gasteiger partial charge in [-0.3, -0.25) is 0 Å². The van der Waals surface area contributed by atoms with E-state index < -0.39 is 0 Å². The van der Waals surface area contributed by atoms with Gasteiger partial charge in [-0.1, -0.05) is 32.6 Å². The van der Waals surface area contributed by atoms with Gasteiger partial charge in [-0.05, 0) is 44.1 Å². The van der Waals surface area contributed by atoms with Crippen molar-refractivity contribution in [3.05, 3.63) is 0 Å². The minimum atomic E-state index is 0.823. The Morgan fingerprint density at radius 2 is 1.93 bits per heavy atom. The van der Waals surface area contributed by atoms with E-state index in [0.29, 0.717) is 0 Å². The van der Waals surface area contributed by atoms with Gasteiger partial charge < -0.3 is 5.32 Å². The van der Waals surface area contributed by atoms with Crippen molar-refractivity contribution in [2.45, 2.75) is 57.9 Å². The lowest BCUT2D eigenvalue weighted by Gasteiger charge is -2.44. The van der Waals surface area contributed by atoms with E-state index in [0.717, 1.165) is 23.8 Å². The zero-order valence-corrected chi connectivity index (χ0v) is 9.76. The van der Waals surface area contributed by atoms with Crippen LogP contribution < -0.4 is 5.32 Å². The largest absolute Gasteiger partial charge is 0.317 e. The summed E-state index contributed by atoms with van der Waals surface area (Å²) in [6.45, 7) is 2.38. The van der Waals surface area contributed by atoms with Gasteiger partial charge in [0.1, 0.15) is 0 Å². The molecule has 2 aliphatic carbocycles.